The third-order valence-electron chi connectivity index (χ3n) is 2.50. The highest BCUT2D eigenvalue weighted by atomic mass is 79.9. The monoisotopic (exact) mass is 385 g/mol. The summed E-state index contributed by atoms with van der Waals surface area (Å²) in [6.07, 6.45) is 0. The minimum Gasteiger partial charge on any atom is -0.481 e. The van der Waals surface area contributed by atoms with Crippen molar-refractivity contribution < 1.29 is 19.2 Å². The Balaban J connectivity index is 1.95. The second kappa shape index (κ2) is 7.24. The topological polar surface area (TPSA) is 78.7 Å². The van der Waals surface area contributed by atoms with Crippen LogP contribution in [0.2, 0.25) is 5.02 Å². The van der Waals surface area contributed by atoms with Gasteiger partial charge in [-0.1, -0.05) is 17.7 Å². The van der Waals surface area contributed by atoms with E-state index in [1.54, 1.807) is 18.2 Å². The van der Waals surface area contributed by atoms with Crippen LogP contribution in [0.1, 0.15) is 0 Å². The number of halogens is 2. The molecule has 0 heterocycles. The van der Waals surface area contributed by atoms with E-state index in [9.17, 15) is 14.9 Å². The fraction of sp³-hybridized carbons (Fsp3) is 0.0714. The lowest BCUT2D eigenvalue weighted by Gasteiger charge is -2.08. The highest BCUT2D eigenvalue weighted by Gasteiger charge is 2.11. The molecular weight excluding hydrogens is 378 g/mol. The number of non-ortho nitro benzene ring substituents is 1. The quantitative estimate of drug-likeness (QED) is 0.336. The van der Waals surface area contributed by atoms with Crippen molar-refractivity contribution in [3.05, 3.63) is 62.1 Å². The molecule has 8 heteroatoms. The summed E-state index contributed by atoms with van der Waals surface area (Å²) in [6.45, 7) is -0.344. The largest absolute Gasteiger partial charge is 0.481 e. The van der Waals surface area contributed by atoms with Crippen molar-refractivity contribution >= 4 is 39.2 Å². The highest BCUT2D eigenvalue weighted by molar-refractivity contribution is 9.10. The van der Waals surface area contributed by atoms with E-state index in [1.165, 1.54) is 18.2 Å². The van der Waals surface area contributed by atoms with Crippen molar-refractivity contribution in [1.29, 1.82) is 0 Å². The number of esters is 1. The summed E-state index contributed by atoms with van der Waals surface area (Å²) in [5, 5.41) is 11.2. The van der Waals surface area contributed by atoms with Crippen LogP contribution in [-0.2, 0) is 4.79 Å². The van der Waals surface area contributed by atoms with Gasteiger partial charge >= 0.3 is 5.97 Å². The number of nitro benzene ring substituents is 1. The van der Waals surface area contributed by atoms with E-state index in [2.05, 4.69) is 15.9 Å². The molecule has 2 aromatic rings. The first kappa shape index (κ1) is 16.3. The molecule has 0 bridgehead atoms. The lowest BCUT2D eigenvalue weighted by Crippen LogP contribution is -2.17. The fourth-order valence-corrected chi connectivity index (χ4v) is 2.35. The van der Waals surface area contributed by atoms with Crippen LogP contribution in [0.5, 0.6) is 11.5 Å². The first-order valence-corrected chi connectivity index (χ1v) is 7.16. The predicted molar refractivity (Wildman–Crippen MR) is 83.4 cm³/mol. The smallest absolute Gasteiger partial charge is 0.349 e. The summed E-state index contributed by atoms with van der Waals surface area (Å²) in [5.74, 6) is -0.166. The van der Waals surface area contributed by atoms with Gasteiger partial charge in [0.25, 0.3) is 5.69 Å². The molecule has 0 aliphatic rings. The summed E-state index contributed by atoms with van der Waals surface area (Å²) >= 11 is 9.05. The number of benzene rings is 2. The molecule has 0 saturated carbocycles. The zero-order valence-electron chi connectivity index (χ0n) is 11.0. The third-order valence-corrected chi connectivity index (χ3v) is 3.35. The molecule has 0 aliphatic heterocycles. The Hall–Kier alpha value is -2.12. The second-order valence-electron chi connectivity index (χ2n) is 4.09. The Morgan fingerprint density at radius 2 is 2.05 bits per heavy atom. The van der Waals surface area contributed by atoms with Gasteiger partial charge in [0.1, 0.15) is 11.5 Å². The van der Waals surface area contributed by atoms with Crippen molar-refractivity contribution in [3.8, 4) is 11.5 Å². The predicted octanol–water partition coefficient (Wildman–Crippen LogP) is 4.00. The fourth-order valence-electron chi connectivity index (χ4n) is 1.55. The van der Waals surface area contributed by atoms with Gasteiger partial charge in [0, 0.05) is 11.1 Å². The molecule has 0 aromatic heterocycles. The van der Waals surface area contributed by atoms with Gasteiger partial charge in [0.05, 0.1) is 15.5 Å². The van der Waals surface area contributed by atoms with Gasteiger partial charge in [0.15, 0.2) is 6.61 Å². The van der Waals surface area contributed by atoms with Crippen LogP contribution in [-0.4, -0.2) is 17.5 Å². The number of ether oxygens (including phenoxy) is 2. The van der Waals surface area contributed by atoms with Crippen LogP contribution in [0.15, 0.2) is 46.9 Å². The minimum absolute atomic E-state index is 0.0815. The average Bonchev–Trinajstić information content (AvgIpc) is 2.46. The van der Waals surface area contributed by atoms with E-state index in [0.717, 1.165) is 6.07 Å². The van der Waals surface area contributed by atoms with Crippen LogP contribution in [0.4, 0.5) is 5.69 Å². The van der Waals surface area contributed by atoms with Crippen molar-refractivity contribution in [2.24, 2.45) is 0 Å². The molecule has 2 rings (SSSR count). The van der Waals surface area contributed by atoms with Gasteiger partial charge in [-0.25, -0.2) is 4.79 Å². The summed E-state index contributed by atoms with van der Waals surface area (Å²) in [4.78, 5) is 21.8. The Labute approximate surface area is 138 Å². The first-order valence-electron chi connectivity index (χ1n) is 5.98. The molecule has 0 radical (unpaired) electrons. The maximum atomic E-state index is 11.7. The zero-order valence-corrected chi connectivity index (χ0v) is 13.3. The van der Waals surface area contributed by atoms with E-state index in [4.69, 9.17) is 21.1 Å². The van der Waals surface area contributed by atoms with E-state index < -0.39 is 10.9 Å². The molecule has 0 spiro atoms. The molecule has 114 valence electrons. The maximum Gasteiger partial charge on any atom is 0.349 e. The zero-order chi connectivity index (χ0) is 16.1. The Bertz CT molecular complexity index is 722. The normalized spacial score (nSPS) is 10.1. The number of carbonyl (C=O) groups excluding carboxylic acids is 1. The Kier molecular flexibility index (Phi) is 5.35. The highest BCUT2D eigenvalue weighted by Crippen LogP contribution is 2.28. The number of hydrogen-bond donors (Lipinski definition) is 0. The van der Waals surface area contributed by atoms with E-state index in [-0.39, 0.29) is 18.0 Å². The molecule has 6 nitrogen and oxygen atoms in total. The molecule has 0 saturated heterocycles. The number of hydrogen-bond acceptors (Lipinski definition) is 5. The van der Waals surface area contributed by atoms with Crippen LogP contribution < -0.4 is 9.47 Å². The molecule has 0 unspecified atom stereocenters. The molecule has 2 aromatic carbocycles. The van der Waals surface area contributed by atoms with E-state index >= 15 is 0 Å². The number of rotatable bonds is 5. The Morgan fingerprint density at radius 3 is 2.73 bits per heavy atom. The van der Waals surface area contributed by atoms with Crippen molar-refractivity contribution in [2.45, 2.75) is 0 Å². The van der Waals surface area contributed by atoms with Gasteiger partial charge in [0.2, 0.25) is 0 Å². The van der Waals surface area contributed by atoms with Crippen LogP contribution in [0.3, 0.4) is 0 Å². The summed E-state index contributed by atoms with van der Waals surface area (Å²) in [6, 6.07) is 10.2. The number of nitrogens with zero attached hydrogens (tertiary/aromatic N) is 1. The van der Waals surface area contributed by atoms with Gasteiger partial charge < -0.3 is 9.47 Å². The molecular formula is C14H9BrClNO5. The average molecular weight is 387 g/mol. The van der Waals surface area contributed by atoms with Gasteiger partial charge in [-0.2, -0.15) is 0 Å². The summed E-state index contributed by atoms with van der Waals surface area (Å²) in [5.41, 5.74) is -0.160. The first-order chi connectivity index (χ1) is 10.5. The summed E-state index contributed by atoms with van der Waals surface area (Å²) < 4.78 is 10.9. The SMILES string of the molecule is O=C(COc1ccc(Cl)cc1Br)Oc1cccc([N+](=O)[O-])c1. The van der Waals surface area contributed by atoms with Gasteiger partial charge in [-0.05, 0) is 40.2 Å². The Morgan fingerprint density at radius 1 is 1.27 bits per heavy atom. The van der Waals surface area contributed by atoms with Crippen LogP contribution in [0.25, 0.3) is 0 Å². The lowest BCUT2D eigenvalue weighted by molar-refractivity contribution is -0.384. The van der Waals surface area contributed by atoms with E-state index in [1.807, 2.05) is 0 Å². The number of carbonyl (C=O) groups is 1. The van der Waals surface area contributed by atoms with Gasteiger partial charge in [-0.3, -0.25) is 10.1 Å². The molecule has 22 heavy (non-hydrogen) atoms. The second-order valence-corrected chi connectivity index (χ2v) is 5.38. The standard InChI is InChI=1S/C14H9BrClNO5/c15-12-6-9(16)4-5-13(12)21-8-14(18)22-11-3-1-2-10(7-11)17(19)20/h1-7H,8H2. The number of nitro groups is 1. The summed E-state index contributed by atoms with van der Waals surface area (Å²) in [7, 11) is 0. The molecule has 0 amide bonds. The van der Waals surface area contributed by atoms with Crippen LogP contribution in [0, 0.1) is 10.1 Å². The van der Waals surface area contributed by atoms with E-state index in [0.29, 0.717) is 15.2 Å². The van der Waals surface area contributed by atoms with Crippen LogP contribution >= 0.6 is 27.5 Å². The van der Waals surface area contributed by atoms with Crippen molar-refractivity contribution in [3.63, 3.8) is 0 Å². The molecule has 0 N–H and O–H groups in total. The molecule has 0 aliphatic carbocycles. The van der Waals surface area contributed by atoms with Gasteiger partial charge in [-0.15, -0.1) is 0 Å². The molecule has 0 fully saturated rings. The minimum atomic E-state index is -0.678. The van der Waals surface area contributed by atoms with Crippen molar-refractivity contribution in [2.75, 3.05) is 6.61 Å². The lowest BCUT2D eigenvalue weighted by atomic mass is 10.3. The maximum absolute atomic E-state index is 11.7. The van der Waals surface area contributed by atoms with Crippen molar-refractivity contribution in [1.82, 2.24) is 0 Å². The molecule has 0 atom stereocenters. The third kappa shape index (κ3) is 4.44.